The Bertz CT molecular complexity index is 615. The van der Waals surface area contributed by atoms with Crippen molar-refractivity contribution in [1.29, 1.82) is 0 Å². The number of carbonyl (C=O) groups excluding carboxylic acids is 1. The van der Waals surface area contributed by atoms with E-state index in [-0.39, 0.29) is 11.1 Å². The van der Waals surface area contributed by atoms with Crippen molar-refractivity contribution in [2.45, 2.75) is 13.5 Å². The molecule has 0 saturated heterocycles. The maximum absolute atomic E-state index is 12.0. The van der Waals surface area contributed by atoms with Gasteiger partial charge in [-0.3, -0.25) is 9.78 Å². The van der Waals surface area contributed by atoms with E-state index in [0.717, 1.165) is 11.1 Å². The Morgan fingerprint density at radius 2 is 2.26 bits per heavy atom. The first-order valence-electron chi connectivity index (χ1n) is 5.66. The lowest BCUT2D eigenvalue weighted by Crippen LogP contribution is -2.24. The number of anilines is 1. The number of rotatable bonds is 3. The Kier molecular flexibility index (Phi) is 3.97. The SMILES string of the molecule is Cc1ccncc1CNC(=O)c1cc(Cl)ncc1N. The molecule has 0 aromatic carbocycles. The van der Waals surface area contributed by atoms with E-state index in [9.17, 15) is 4.79 Å². The van der Waals surface area contributed by atoms with E-state index in [1.54, 1.807) is 12.4 Å². The van der Waals surface area contributed by atoms with Crippen LogP contribution < -0.4 is 11.1 Å². The van der Waals surface area contributed by atoms with Crippen molar-refractivity contribution >= 4 is 23.2 Å². The van der Waals surface area contributed by atoms with Crippen LogP contribution in [0.15, 0.2) is 30.7 Å². The molecule has 0 saturated carbocycles. The number of nitrogens with two attached hydrogens (primary N) is 1. The number of halogens is 1. The van der Waals surface area contributed by atoms with Crippen LogP contribution >= 0.6 is 11.6 Å². The molecule has 0 atom stereocenters. The minimum atomic E-state index is -0.287. The molecule has 1 amide bonds. The maximum atomic E-state index is 12.0. The molecule has 0 aliphatic carbocycles. The number of carbonyl (C=O) groups is 1. The van der Waals surface area contributed by atoms with Gasteiger partial charge in [-0.25, -0.2) is 4.98 Å². The maximum Gasteiger partial charge on any atom is 0.253 e. The molecule has 19 heavy (non-hydrogen) atoms. The number of pyridine rings is 2. The van der Waals surface area contributed by atoms with Crippen molar-refractivity contribution in [1.82, 2.24) is 15.3 Å². The first kappa shape index (κ1) is 13.3. The zero-order valence-corrected chi connectivity index (χ0v) is 11.1. The molecule has 5 nitrogen and oxygen atoms in total. The monoisotopic (exact) mass is 276 g/mol. The minimum absolute atomic E-state index is 0.233. The molecule has 6 heteroatoms. The molecular weight excluding hydrogens is 264 g/mol. The quantitative estimate of drug-likeness (QED) is 0.840. The number of hydrogen-bond acceptors (Lipinski definition) is 4. The van der Waals surface area contributed by atoms with Crippen LogP contribution in [0.4, 0.5) is 5.69 Å². The van der Waals surface area contributed by atoms with Crippen LogP contribution in [0.25, 0.3) is 0 Å². The Labute approximate surface area is 115 Å². The van der Waals surface area contributed by atoms with Crippen LogP contribution in [-0.4, -0.2) is 15.9 Å². The number of amides is 1. The lowest BCUT2D eigenvalue weighted by molar-refractivity contribution is 0.0951. The van der Waals surface area contributed by atoms with Crippen LogP contribution in [0, 0.1) is 6.92 Å². The number of aromatic nitrogens is 2. The third-order valence-corrected chi connectivity index (χ3v) is 2.94. The molecule has 2 aromatic heterocycles. The molecule has 0 radical (unpaired) electrons. The molecular formula is C13H13ClN4O. The summed E-state index contributed by atoms with van der Waals surface area (Å²) in [6, 6.07) is 3.33. The summed E-state index contributed by atoms with van der Waals surface area (Å²) in [6.45, 7) is 2.35. The zero-order valence-electron chi connectivity index (χ0n) is 10.4. The van der Waals surface area contributed by atoms with Crippen LogP contribution in [0.3, 0.4) is 0 Å². The molecule has 98 valence electrons. The highest BCUT2D eigenvalue weighted by molar-refractivity contribution is 6.29. The van der Waals surface area contributed by atoms with Crippen LogP contribution in [0.5, 0.6) is 0 Å². The van der Waals surface area contributed by atoms with E-state index in [0.29, 0.717) is 17.8 Å². The lowest BCUT2D eigenvalue weighted by Gasteiger charge is -2.09. The van der Waals surface area contributed by atoms with Gasteiger partial charge in [0.15, 0.2) is 0 Å². The van der Waals surface area contributed by atoms with Crippen LogP contribution in [-0.2, 0) is 6.54 Å². The molecule has 0 aliphatic rings. The Morgan fingerprint density at radius 1 is 1.47 bits per heavy atom. The Morgan fingerprint density at radius 3 is 3.00 bits per heavy atom. The second-order valence-electron chi connectivity index (χ2n) is 4.08. The number of nitrogen functional groups attached to an aromatic ring is 1. The summed E-state index contributed by atoms with van der Waals surface area (Å²) in [5, 5.41) is 3.01. The molecule has 2 rings (SSSR count). The zero-order chi connectivity index (χ0) is 13.8. The third-order valence-electron chi connectivity index (χ3n) is 2.73. The minimum Gasteiger partial charge on any atom is -0.397 e. The van der Waals surface area contributed by atoms with Gasteiger partial charge < -0.3 is 11.1 Å². The van der Waals surface area contributed by atoms with Gasteiger partial charge in [-0.2, -0.15) is 0 Å². The van der Waals surface area contributed by atoms with Crippen molar-refractivity contribution in [3.8, 4) is 0 Å². The fraction of sp³-hybridized carbons (Fsp3) is 0.154. The highest BCUT2D eigenvalue weighted by Crippen LogP contribution is 2.15. The van der Waals surface area contributed by atoms with Gasteiger partial charge in [-0.1, -0.05) is 11.6 Å². The molecule has 0 bridgehead atoms. The predicted octanol–water partition coefficient (Wildman–Crippen LogP) is 1.95. The van der Waals surface area contributed by atoms with Crippen molar-refractivity contribution in [3.63, 3.8) is 0 Å². The predicted molar refractivity (Wildman–Crippen MR) is 73.8 cm³/mol. The molecule has 0 unspecified atom stereocenters. The van der Waals surface area contributed by atoms with E-state index in [1.807, 2.05) is 13.0 Å². The molecule has 0 aliphatic heterocycles. The fourth-order valence-corrected chi connectivity index (χ4v) is 1.75. The number of nitrogens with zero attached hydrogens (tertiary/aromatic N) is 2. The molecule has 2 heterocycles. The summed E-state index contributed by atoms with van der Waals surface area (Å²) in [7, 11) is 0. The third kappa shape index (κ3) is 3.20. The topological polar surface area (TPSA) is 80.9 Å². The van der Waals surface area contributed by atoms with Crippen LogP contribution in [0.1, 0.15) is 21.5 Å². The second kappa shape index (κ2) is 5.67. The largest absolute Gasteiger partial charge is 0.397 e. The first-order chi connectivity index (χ1) is 9.08. The molecule has 0 spiro atoms. The summed E-state index contributed by atoms with van der Waals surface area (Å²) in [5.41, 5.74) is 8.33. The van der Waals surface area contributed by atoms with Crippen molar-refractivity contribution < 1.29 is 4.79 Å². The van der Waals surface area contributed by atoms with Gasteiger partial charge >= 0.3 is 0 Å². The van der Waals surface area contributed by atoms with Crippen molar-refractivity contribution in [2.75, 3.05) is 5.73 Å². The number of nitrogens with one attached hydrogen (secondary N) is 1. The second-order valence-corrected chi connectivity index (χ2v) is 4.47. The summed E-state index contributed by atoms with van der Waals surface area (Å²) >= 11 is 5.75. The summed E-state index contributed by atoms with van der Waals surface area (Å²) in [4.78, 5) is 19.8. The van der Waals surface area contributed by atoms with Gasteiger partial charge in [-0.05, 0) is 30.2 Å². The highest BCUT2D eigenvalue weighted by atomic mass is 35.5. The normalized spacial score (nSPS) is 10.2. The van der Waals surface area contributed by atoms with Gasteiger partial charge in [0, 0.05) is 18.9 Å². The summed E-state index contributed by atoms with van der Waals surface area (Å²) in [6.07, 6.45) is 4.80. The van der Waals surface area contributed by atoms with Gasteiger partial charge in [0.05, 0.1) is 17.4 Å². The standard InChI is InChI=1S/C13H13ClN4O/c1-8-2-3-16-5-9(8)6-18-13(19)10-4-12(14)17-7-11(10)15/h2-5,7H,6,15H2,1H3,(H,18,19). The molecule has 2 aromatic rings. The van der Waals surface area contributed by atoms with Gasteiger partial charge in [0.1, 0.15) is 5.15 Å². The van der Waals surface area contributed by atoms with Crippen molar-refractivity contribution in [3.05, 3.63) is 52.6 Å². The van der Waals surface area contributed by atoms with E-state index >= 15 is 0 Å². The van der Waals surface area contributed by atoms with Crippen LogP contribution in [0.2, 0.25) is 5.15 Å². The van der Waals surface area contributed by atoms with E-state index in [2.05, 4.69) is 15.3 Å². The number of aryl methyl sites for hydroxylation is 1. The summed E-state index contributed by atoms with van der Waals surface area (Å²) in [5.74, 6) is -0.287. The average Bonchev–Trinajstić information content (AvgIpc) is 2.40. The van der Waals surface area contributed by atoms with Gasteiger partial charge in [-0.15, -0.1) is 0 Å². The highest BCUT2D eigenvalue weighted by Gasteiger charge is 2.11. The number of hydrogen-bond donors (Lipinski definition) is 2. The Balaban J connectivity index is 2.10. The molecule has 0 fully saturated rings. The van der Waals surface area contributed by atoms with E-state index in [4.69, 9.17) is 17.3 Å². The van der Waals surface area contributed by atoms with E-state index in [1.165, 1.54) is 12.3 Å². The first-order valence-corrected chi connectivity index (χ1v) is 6.04. The smallest absolute Gasteiger partial charge is 0.253 e. The lowest BCUT2D eigenvalue weighted by atomic mass is 10.1. The van der Waals surface area contributed by atoms with Gasteiger partial charge in [0.25, 0.3) is 5.91 Å². The molecule has 3 N–H and O–H groups in total. The Hall–Kier alpha value is -2.14. The average molecular weight is 277 g/mol. The van der Waals surface area contributed by atoms with Crippen molar-refractivity contribution in [2.24, 2.45) is 0 Å². The van der Waals surface area contributed by atoms with E-state index < -0.39 is 0 Å². The van der Waals surface area contributed by atoms with Gasteiger partial charge in [0.2, 0.25) is 0 Å². The fourth-order valence-electron chi connectivity index (χ4n) is 1.59. The summed E-state index contributed by atoms with van der Waals surface area (Å²) < 4.78 is 0.